The second-order valence-corrected chi connectivity index (χ2v) is 6.61. The first-order chi connectivity index (χ1) is 10.9. The van der Waals surface area contributed by atoms with Crippen molar-refractivity contribution in [1.29, 1.82) is 0 Å². The van der Waals surface area contributed by atoms with Crippen molar-refractivity contribution in [3.8, 4) is 0 Å². The van der Waals surface area contributed by atoms with Crippen LogP contribution in [0.1, 0.15) is 49.3 Å². The summed E-state index contributed by atoms with van der Waals surface area (Å²) in [7, 11) is 0. The summed E-state index contributed by atoms with van der Waals surface area (Å²) in [5.41, 5.74) is -0.891. The van der Waals surface area contributed by atoms with Gasteiger partial charge in [0, 0.05) is 12.6 Å². The van der Waals surface area contributed by atoms with Gasteiger partial charge in [0.1, 0.15) is 0 Å². The SMILES string of the molecule is OC(CNC1COC2(CCCC2)C1)c1ccccc1C(F)(F)F. The summed E-state index contributed by atoms with van der Waals surface area (Å²) in [6.07, 6.45) is -0.298. The van der Waals surface area contributed by atoms with Gasteiger partial charge in [0.25, 0.3) is 0 Å². The fourth-order valence-corrected chi connectivity index (χ4v) is 3.78. The zero-order chi connectivity index (χ0) is 16.5. The van der Waals surface area contributed by atoms with Crippen LogP contribution in [0.5, 0.6) is 0 Å². The smallest absolute Gasteiger partial charge is 0.387 e. The molecule has 128 valence electrons. The van der Waals surface area contributed by atoms with Gasteiger partial charge in [0.05, 0.1) is 23.9 Å². The van der Waals surface area contributed by atoms with Gasteiger partial charge in [0.2, 0.25) is 0 Å². The van der Waals surface area contributed by atoms with Crippen molar-refractivity contribution in [2.45, 2.75) is 56.0 Å². The van der Waals surface area contributed by atoms with Crippen LogP contribution in [0.2, 0.25) is 0 Å². The predicted octanol–water partition coefficient (Wildman–Crippen LogP) is 3.43. The molecule has 3 nitrogen and oxygen atoms in total. The highest BCUT2D eigenvalue weighted by Crippen LogP contribution is 2.41. The minimum absolute atomic E-state index is 0.0352. The summed E-state index contributed by atoms with van der Waals surface area (Å²) < 4.78 is 44.9. The Bertz CT molecular complexity index is 541. The molecule has 1 spiro atoms. The lowest BCUT2D eigenvalue weighted by molar-refractivity contribution is -0.139. The van der Waals surface area contributed by atoms with Crippen LogP contribution in [0.4, 0.5) is 13.2 Å². The van der Waals surface area contributed by atoms with E-state index in [4.69, 9.17) is 4.74 Å². The maximum absolute atomic E-state index is 13.0. The Balaban J connectivity index is 1.59. The van der Waals surface area contributed by atoms with E-state index in [0.717, 1.165) is 25.3 Å². The third-order valence-corrected chi connectivity index (χ3v) is 4.95. The minimum Gasteiger partial charge on any atom is -0.387 e. The van der Waals surface area contributed by atoms with Gasteiger partial charge in [-0.1, -0.05) is 31.0 Å². The predicted molar refractivity (Wildman–Crippen MR) is 80.0 cm³/mol. The summed E-state index contributed by atoms with van der Waals surface area (Å²) >= 11 is 0. The maximum atomic E-state index is 13.0. The maximum Gasteiger partial charge on any atom is 0.416 e. The van der Waals surface area contributed by atoms with Crippen molar-refractivity contribution in [3.05, 3.63) is 35.4 Å². The van der Waals surface area contributed by atoms with Gasteiger partial charge in [-0.05, 0) is 30.9 Å². The average molecular weight is 329 g/mol. The third-order valence-electron chi connectivity index (χ3n) is 4.95. The summed E-state index contributed by atoms with van der Waals surface area (Å²) in [6.45, 7) is 0.658. The zero-order valence-electron chi connectivity index (χ0n) is 12.9. The lowest BCUT2D eigenvalue weighted by Crippen LogP contribution is -2.34. The van der Waals surface area contributed by atoms with E-state index in [1.54, 1.807) is 0 Å². The lowest BCUT2D eigenvalue weighted by Gasteiger charge is -2.22. The first-order valence-electron chi connectivity index (χ1n) is 8.11. The lowest BCUT2D eigenvalue weighted by atomic mass is 9.96. The molecule has 2 unspecified atom stereocenters. The summed E-state index contributed by atoms with van der Waals surface area (Å²) in [6, 6.07) is 5.28. The Kier molecular flexibility index (Phi) is 4.67. The Morgan fingerprint density at radius 2 is 1.96 bits per heavy atom. The van der Waals surface area contributed by atoms with E-state index in [1.807, 2.05) is 0 Å². The van der Waals surface area contributed by atoms with Crippen molar-refractivity contribution >= 4 is 0 Å². The molecule has 0 aromatic heterocycles. The van der Waals surface area contributed by atoms with Crippen LogP contribution in [-0.2, 0) is 10.9 Å². The molecule has 1 saturated heterocycles. The van der Waals surface area contributed by atoms with Crippen molar-refractivity contribution in [2.24, 2.45) is 0 Å². The molecular weight excluding hydrogens is 307 g/mol. The van der Waals surface area contributed by atoms with Crippen LogP contribution in [0.15, 0.2) is 24.3 Å². The van der Waals surface area contributed by atoms with Crippen LogP contribution in [0.25, 0.3) is 0 Å². The number of benzene rings is 1. The molecule has 1 aliphatic carbocycles. The second-order valence-electron chi connectivity index (χ2n) is 6.61. The third kappa shape index (κ3) is 3.70. The Morgan fingerprint density at radius 3 is 2.65 bits per heavy atom. The number of hydrogen-bond acceptors (Lipinski definition) is 3. The highest BCUT2D eigenvalue weighted by molar-refractivity contribution is 5.31. The van der Waals surface area contributed by atoms with Gasteiger partial charge in [-0.15, -0.1) is 0 Å². The van der Waals surface area contributed by atoms with Crippen molar-refractivity contribution < 1.29 is 23.0 Å². The molecule has 1 heterocycles. The first-order valence-corrected chi connectivity index (χ1v) is 8.11. The Morgan fingerprint density at radius 1 is 1.26 bits per heavy atom. The number of rotatable bonds is 4. The van der Waals surface area contributed by atoms with Crippen LogP contribution >= 0.6 is 0 Å². The first kappa shape index (κ1) is 16.7. The van der Waals surface area contributed by atoms with Crippen LogP contribution < -0.4 is 5.32 Å². The fourth-order valence-electron chi connectivity index (χ4n) is 3.78. The quantitative estimate of drug-likeness (QED) is 0.889. The van der Waals surface area contributed by atoms with Gasteiger partial charge in [0.15, 0.2) is 0 Å². The molecule has 3 rings (SSSR count). The molecule has 2 N–H and O–H groups in total. The molecule has 1 aromatic carbocycles. The number of aliphatic hydroxyl groups is 1. The van der Waals surface area contributed by atoms with E-state index in [0.29, 0.717) is 6.61 Å². The van der Waals surface area contributed by atoms with Crippen molar-refractivity contribution in [2.75, 3.05) is 13.2 Å². The topological polar surface area (TPSA) is 41.5 Å². The molecular formula is C17H22F3NO2. The van der Waals surface area contributed by atoms with E-state index < -0.39 is 17.8 Å². The molecule has 0 amide bonds. The highest BCUT2D eigenvalue weighted by atomic mass is 19.4. The highest BCUT2D eigenvalue weighted by Gasteiger charge is 2.42. The largest absolute Gasteiger partial charge is 0.416 e. The van der Waals surface area contributed by atoms with Crippen LogP contribution in [0.3, 0.4) is 0 Å². The molecule has 1 saturated carbocycles. The molecule has 0 radical (unpaired) electrons. The van der Waals surface area contributed by atoms with Gasteiger partial charge in [-0.3, -0.25) is 0 Å². The van der Waals surface area contributed by atoms with E-state index in [9.17, 15) is 18.3 Å². The van der Waals surface area contributed by atoms with Crippen LogP contribution in [-0.4, -0.2) is 29.9 Å². The van der Waals surface area contributed by atoms with Gasteiger partial charge in [-0.25, -0.2) is 0 Å². The van der Waals surface area contributed by atoms with Gasteiger partial charge < -0.3 is 15.2 Å². The molecule has 1 aromatic rings. The number of aliphatic hydroxyl groups excluding tert-OH is 1. The standard InChI is InChI=1S/C17H22F3NO2/c18-17(19,20)14-6-2-1-5-13(14)15(22)10-21-12-9-16(23-11-12)7-3-4-8-16/h1-2,5-6,12,15,21-22H,3-4,7-11H2. The Labute approximate surface area is 133 Å². The summed E-state index contributed by atoms with van der Waals surface area (Å²) in [5.74, 6) is 0. The van der Waals surface area contributed by atoms with Gasteiger partial charge >= 0.3 is 6.18 Å². The van der Waals surface area contributed by atoms with E-state index in [1.165, 1.54) is 31.0 Å². The normalized spacial score (nSPS) is 25.1. The van der Waals surface area contributed by atoms with E-state index in [-0.39, 0.29) is 23.8 Å². The number of hydrogen-bond donors (Lipinski definition) is 2. The zero-order valence-corrected chi connectivity index (χ0v) is 12.9. The minimum atomic E-state index is -4.46. The van der Waals surface area contributed by atoms with Crippen molar-refractivity contribution in [3.63, 3.8) is 0 Å². The molecule has 23 heavy (non-hydrogen) atoms. The molecule has 1 aliphatic heterocycles. The van der Waals surface area contributed by atoms with Crippen LogP contribution in [0, 0.1) is 0 Å². The van der Waals surface area contributed by atoms with Gasteiger partial charge in [-0.2, -0.15) is 13.2 Å². The number of alkyl halides is 3. The van der Waals surface area contributed by atoms with Crippen molar-refractivity contribution in [1.82, 2.24) is 5.32 Å². The molecule has 6 heteroatoms. The molecule has 2 aliphatic rings. The average Bonchev–Trinajstić information content (AvgIpc) is 3.14. The molecule has 2 fully saturated rings. The molecule has 2 atom stereocenters. The number of nitrogens with one attached hydrogen (secondary N) is 1. The van der Waals surface area contributed by atoms with E-state index in [2.05, 4.69) is 5.32 Å². The Hall–Kier alpha value is -1.11. The monoisotopic (exact) mass is 329 g/mol. The summed E-state index contributed by atoms with van der Waals surface area (Å²) in [4.78, 5) is 0. The number of halogens is 3. The van der Waals surface area contributed by atoms with E-state index >= 15 is 0 Å². The second kappa shape index (κ2) is 6.42. The molecule has 0 bridgehead atoms. The fraction of sp³-hybridized carbons (Fsp3) is 0.647. The summed E-state index contributed by atoms with van der Waals surface area (Å²) in [5, 5.41) is 13.3. The number of ether oxygens (including phenoxy) is 1.